The molecule has 3 aromatic rings. The second kappa shape index (κ2) is 8.58. The number of benzene rings is 1. The lowest BCUT2D eigenvalue weighted by atomic mass is 10.1. The predicted octanol–water partition coefficient (Wildman–Crippen LogP) is 3.26. The normalized spacial score (nSPS) is 15.2. The van der Waals surface area contributed by atoms with Crippen molar-refractivity contribution < 1.29 is 26.3 Å². The Labute approximate surface area is 186 Å². The SMILES string of the molecule is COCCCn1cnc2sc3c(c2c1=O)CCN(S(=O)(=O)c1cccc(C(F)(F)F)c1)C3. The fraction of sp³-hybridized carbons (Fsp3) is 0.400. The molecule has 0 radical (unpaired) electrons. The van der Waals surface area contributed by atoms with Crippen molar-refractivity contribution in [3.8, 4) is 0 Å². The molecule has 0 spiro atoms. The largest absolute Gasteiger partial charge is 0.416 e. The molecule has 3 heterocycles. The Morgan fingerprint density at radius 1 is 1.28 bits per heavy atom. The van der Waals surface area contributed by atoms with Gasteiger partial charge in [0.15, 0.2) is 0 Å². The molecule has 2 aromatic heterocycles. The van der Waals surface area contributed by atoms with Crippen molar-refractivity contribution in [2.24, 2.45) is 0 Å². The second-order valence-electron chi connectivity index (χ2n) is 7.39. The number of aromatic nitrogens is 2. The minimum Gasteiger partial charge on any atom is -0.385 e. The van der Waals surface area contributed by atoms with Gasteiger partial charge in [0.1, 0.15) is 4.83 Å². The molecule has 0 saturated carbocycles. The summed E-state index contributed by atoms with van der Waals surface area (Å²) in [5.74, 6) is 0. The van der Waals surface area contributed by atoms with Crippen molar-refractivity contribution in [3.63, 3.8) is 0 Å². The number of methoxy groups -OCH3 is 1. The summed E-state index contributed by atoms with van der Waals surface area (Å²) in [5.41, 5.74) is -0.437. The van der Waals surface area contributed by atoms with Crippen LogP contribution in [0.4, 0.5) is 13.2 Å². The van der Waals surface area contributed by atoms with Crippen molar-refractivity contribution in [1.29, 1.82) is 0 Å². The fourth-order valence-electron chi connectivity index (χ4n) is 3.72. The molecule has 4 rings (SSSR count). The van der Waals surface area contributed by atoms with Gasteiger partial charge in [0.2, 0.25) is 10.0 Å². The quantitative estimate of drug-likeness (QED) is 0.499. The highest BCUT2D eigenvalue weighted by molar-refractivity contribution is 7.89. The van der Waals surface area contributed by atoms with Crippen LogP contribution in [-0.2, 0) is 40.4 Å². The first kappa shape index (κ1) is 22.9. The number of ether oxygens (including phenoxy) is 1. The van der Waals surface area contributed by atoms with Gasteiger partial charge in [0.25, 0.3) is 5.56 Å². The van der Waals surface area contributed by atoms with Crippen LogP contribution in [-0.4, -0.2) is 42.5 Å². The van der Waals surface area contributed by atoms with Crippen LogP contribution >= 0.6 is 11.3 Å². The maximum Gasteiger partial charge on any atom is 0.416 e. The molecule has 7 nitrogen and oxygen atoms in total. The van der Waals surface area contributed by atoms with Crippen molar-refractivity contribution in [2.75, 3.05) is 20.3 Å². The van der Waals surface area contributed by atoms with E-state index in [0.29, 0.717) is 40.7 Å². The van der Waals surface area contributed by atoms with Gasteiger partial charge in [-0.25, -0.2) is 13.4 Å². The molecule has 172 valence electrons. The summed E-state index contributed by atoms with van der Waals surface area (Å²) in [7, 11) is -2.55. The Bertz CT molecular complexity index is 1320. The van der Waals surface area contributed by atoms with E-state index in [4.69, 9.17) is 4.74 Å². The van der Waals surface area contributed by atoms with Gasteiger partial charge in [0.05, 0.1) is 22.2 Å². The van der Waals surface area contributed by atoms with Gasteiger partial charge in [-0.1, -0.05) is 6.07 Å². The number of hydrogen-bond donors (Lipinski definition) is 0. The molecule has 0 bridgehead atoms. The molecule has 0 atom stereocenters. The second-order valence-corrected chi connectivity index (χ2v) is 10.4. The van der Waals surface area contributed by atoms with Gasteiger partial charge in [-0.2, -0.15) is 17.5 Å². The molecule has 1 aromatic carbocycles. The van der Waals surface area contributed by atoms with E-state index in [1.807, 2.05) is 0 Å². The van der Waals surface area contributed by atoms with Crippen LogP contribution in [0, 0.1) is 0 Å². The maximum atomic E-state index is 13.0. The Balaban J connectivity index is 1.65. The fourth-order valence-corrected chi connectivity index (χ4v) is 6.45. The molecule has 0 saturated heterocycles. The standard InChI is InChI=1S/C20H20F3N3O4S2/c1-30-9-3-7-25-12-24-18-17(19(25)27)15-6-8-26(11-16(15)31-18)32(28,29)14-5-2-4-13(10-14)20(21,22)23/h2,4-5,10,12H,3,6-9,11H2,1H3. The first-order valence-electron chi connectivity index (χ1n) is 9.79. The zero-order valence-electron chi connectivity index (χ0n) is 17.1. The monoisotopic (exact) mass is 487 g/mol. The summed E-state index contributed by atoms with van der Waals surface area (Å²) in [5, 5.41) is 0.487. The predicted molar refractivity (Wildman–Crippen MR) is 113 cm³/mol. The molecule has 1 aliphatic rings. The zero-order chi connectivity index (χ0) is 23.1. The number of rotatable bonds is 6. The summed E-state index contributed by atoms with van der Waals surface area (Å²) in [4.78, 5) is 18.1. The number of aryl methyl sites for hydroxylation is 1. The lowest BCUT2D eigenvalue weighted by Crippen LogP contribution is -2.35. The van der Waals surface area contributed by atoms with E-state index in [1.165, 1.54) is 22.2 Å². The Hall–Kier alpha value is -2.28. The van der Waals surface area contributed by atoms with E-state index in [2.05, 4.69) is 4.98 Å². The number of halogens is 3. The van der Waals surface area contributed by atoms with Crippen LogP contribution in [0.5, 0.6) is 0 Å². The molecule has 32 heavy (non-hydrogen) atoms. The Morgan fingerprint density at radius 3 is 2.78 bits per heavy atom. The summed E-state index contributed by atoms with van der Waals surface area (Å²) < 4.78 is 72.8. The van der Waals surface area contributed by atoms with E-state index in [0.717, 1.165) is 28.1 Å². The average molecular weight is 488 g/mol. The number of nitrogens with zero attached hydrogens (tertiary/aromatic N) is 3. The first-order chi connectivity index (χ1) is 15.1. The van der Waals surface area contributed by atoms with Gasteiger partial charge in [-0.15, -0.1) is 11.3 Å². The van der Waals surface area contributed by atoms with Crippen molar-refractivity contribution >= 4 is 31.6 Å². The highest BCUT2D eigenvalue weighted by atomic mass is 32.2. The van der Waals surface area contributed by atoms with Crippen LogP contribution in [0.15, 0.2) is 40.3 Å². The minimum absolute atomic E-state index is 0.0158. The van der Waals surface area contributed by atoms with E-state index in [9.17, 15) is 26.4 Å². The van der Waals surface area contributed by atoms with Gasteiger partial charge in [-0.05, 0) is 36.6 Å². The number of sulfonamides is 1. The zero-order valence-corrected chi connectivity index (χ0v) is 18.7. The smallest absolute Gasteiger partial charge is 0.385 e. The van der Waals surface area contributed by atoms with Gasteiger partial charge in [-0.3, -0.25) is 9.36 Å². The highest BCUT2D eigenvalue weighted by Gasteiger charge is 2.35. The maximum absolute atomic E-state index is 13.0. The summed E-state index contributed by atoms with van der Waals surface area (Å²) in [6, 6.07) is 3.73. The Kier molecular flexibility index (Phi) is 6.14. The summed E-state index contributed by atoms with van der Waals surface area (Å²) in [6.07, 6.45) is -2.23. The van der Waals surface area contributed by atoms with E-state index < -0.39 is 26.7 Å². The number of alkyl halides is 3. The number of thiophene rings is 1. The van der Waals surface area contributed by atoms with Crippen LogP contribution in [0.2, 0.25) is 0 Å². The third-order valence-corrected chi connectivity index (χ3v) is 8.30. The molecule has 0 fully saturated rings. The highest BCUT2D eigenvalue weighted by Crippen LogP contribution is 2.35. The van der Waals surface area contributed by atoms with Crippen LogP contribution in [0.1, 0.15) is 22.4 Å². The lowest BCUT2D eigenvalue weighted by molar-refractivity contribution is -0.137. The number of fused-ring (bicyclic) bond motifs is 3. The molecule has 1 aliphatic heterocycles. The van der Waals surface area contributed by atoms with Crippen LogP contribution in [0.3, 0.4) is 0 Å². The van der Waals surface area contributed by atoms with E-state index in [1.54, 1.807) is 7.11 Å². The molecule has 0 N–H and O–H groups in total. The average Bonchev–Trinajstić information content (AvgIpc) is 3.13. The van der Waals surface area contributed by atoms with Crippen molar-refractivity contribution in [1.82, 2.24) is 13.9 Å². The van der Waals surface area contributed by atoms with Crippen LogP contribution in [0.25, 0.3) is 10.2 Å². The molecular weight excluding hydrogens is 467 g/mol. The van der Waals surface area contributed by atoms with E-state index in [-0.39, 0.29) is 25.1 Å². The summed E-state index contributed by atoms with van der Waals surface area (Å²) >= 11 is 1.24. The molecule has 0 aliphatic carbocycles. The summed E-state index contributed by atoms with van der Waals surface area (Å²) in [6.45, 7) is 1.01. The van der Waals surface area contributed by atoms with Crippen molar-refractivity contribution in [2.45, 2.75) is 37.0 Å². The van der Waals surface area contributed by atoms with E-state index >= 15 is 0 Å². The third kappa shape index (κ3) is 4.19. The molecule has 0 unspecified atom stereocenters. The molecule has 0 amide bonds. The van der Waals surface area contributed by atoms with Gasteiger partial charge < -0.3 is 4.74 Å². The number of hydrogen-bond acceptors (Lipinski definition) is 6. The first-order valence-corrected chi connectivity index (χ1v) is 12.0. The minimum atomic E-state index is -4.64. The Morgan fingerprint density at radius 2 is 2.06 bits per heavy atom. The molecular formula is C20H20F3N3O4S2. The van der Waals surface area contributed by atoms with Crippen molar-refractivity contribution in [3.05, 3.63) is 57.0 Å². The van der Waals surface area contributed by atoms with Crippen LogP contribution < -0.4 is 5.56 Å². The lowest BCUT2D eigenvalue weighted by Gasteiger charge is -2.26. The van der Waals surface area contributed by atoms with Gasteiger partial charge in [0, 0.05) is 38.2 Å². The third-order valence-electron chi connectivity index (χ3n) is 5.34. The van der Waals surface area contributed by atoms with Gasteiger partial charge >= 0.3 is 6.18 Å². The topological polar surface area (TPSA) is 81.5 Å². The molecule has 12 heteroatoms.